The van der Waals surface area contributed by atoms with Crippen LogP contribution >= 0.6 is 0 Å². The minimum atomic E-state index is 0.547. The molecule has 18 heavy (non-hydrogen) atoms. The van der Waals surface area contributed by atoms with E-state index in [9.17, 15) is 0 Å². The highest BCUT2D eigenvalue weighted by atomic mass is 16.5. The first kappa shape index (κ1) is 13.0. The number of aromatic nitrogens is 1. The number of nitrogens with zero attached hydrogens (tertiary/aromatic N) is 1. The molecule has 1 heterocycles. The van der Waals surface area contributed by atoms with Crippen molar-refractivity contribution in [1.82, 2.24) is 4.98 Å². The molecule has 1 fully saturated rings. The predicted molar refractivity (Wildman–Crippen MR) is 74.9 cm³/mol. The largest absolute Gasteiger partial charge is 0.476 e. The van der Waals surface area contributed by atoms with Crippen LogP contribution in [0.25, 0.3) is 0 Å². The maximum absolute atomic E-state index is 5.82. The smallest absolute Gasteiger partial charge is 0.239 e. The number of nitrogen functional groups attached to an aromatic ring is 1. The lowest BCUT2D eigenvalue weighted by Crippen LogP contribution is -2.16. The molecule has 0 amide bonds. The molecule has 3 N–H and O–H groups in total. The van der Waals surface area contributed by atoms with E-state index in [0.29, 0.717) is 18.2 Å². The summed E-state index contributed by atoms with van der Waals surface area (Å²) < 4.78 is 5.51. The van der Waals surface area contributed by atoms with Crippen molar-refractivity contribution < 1.29 is 4.74 Å². The van der Waals surface area contributed by atoms with Crippen LogP contribution in [0.3, 0.4) is 0 Å². The van der Waals surface area contributed by atoms with Gasteiger partial charge in [-0.05, 0) is 30.9 Å². The number of rotatable bonds is 7. The first-order valence-electron chi connectivity index (χ1n) is 6.92. The molecule has 100 valence electrons. The highest BCUT2D eigenvalue weighted by molar-refractivity contribution is 5.53. The van der Waals surface area contributed by atoms with Gasteiger partial charge in [0.15, 0.2) is 0 Å². The highest BCUT2D eigenvalue weighted by Gasteiger charge is 2.16. The zero-order valence-electron chi connectivity index (χ0n) is 11.1. The van der Waals surface area contributed by atoms with Crippen molar-refractivity contribution in [2.24, 2.45) is 5.92 Å². The first-order chi connectivity index (χ1) is 8.79. The van der Waals surface area contributed by atoms with Crippen molar-refractivity contribution in [3.8, 4) is 5.88 Å². The summed E-state index contributed by atoms with van der Waals surface area (Å²) in [7, 11) is 0. The van der Waals surface area contributed by atoms with Crippen molar-refractivity contribution in [1.29, 1.82) is 0 Å². The van der Waals surface area contributed by atoms with E-state index < -0.39 is 0 Å². The summed E-state index contributed by atoms with van der Waals surface area (Å²) in [6, 6.07) is 3.76. The highest BCUT2D eigenvalue weighted by Crippen LogP contribution is 2.29. The molecule has 0 saturated heterocycles. The third-order valence-electron chi connectivity index (χ3n) is 3.42. The van der Waals surface area contributed by atoms with E-state index in [1.807, 2.05) is 12.1 Å². The van der Waals surface area contributed by atoms with Gasteiger partial charge in [0, 0.05) is 6.54 Å². The summed E-state index contributed by atoms with van der Waals surface area (Å²) in [5, 5.41) is 3.34. The molecule has 1 aliphatic rings. The van der Waals surface area contributed by atoms with Gasteiger partial charge in [-0.3, -0.25) is 0 Å². The lowest BCUT2D eigenvalue weighted by atomic mass is 9.83. The van der Waals surface area contributed by atoms with Gasteiger partial charge in [0.2, 0.25) is 5.88 Å². The van der Waals surface area contributed by atoms with E-state index in [1.54, 1.807) is 0 Å². The van der Waals surface area contributed by atoms with Gasteiger partial charge in [0.05, 0.1) is 12.3 Å². The van der Waals surface area contributed by atoms with Crippen molar-refractivity contribution in [2.45, 2.75) is 39.0 Å². The van der Waals surface area contributed by atoms with Crippen LogP contribution in [0, 0.1) is 5.92 Å². The Bertz CT molecular complexity index is 377. The first-order valence-corrected chi connectivity index (χ1v) is 6.92. The fourth-order valence-corrected chi connectivity index (χ4v) is 2.05. The number of hydrogen-bond acceptors (Lipinski definition) is 4. The Hall–Kier alpha value is -1.45. The molecule has 0 bridgehead atoms. The Morgan fingerprint density at radius 3 is 2.94 bits per heavy atom. The predicted octanol–water partition coefficient (Wildman–Crippen LogP) is 3.05. The Morgan fingerprint density at radius 2 is 2.28 bits per heavy atom. The van der Waals surface area contributed by atoms with Crippen LogP contribution in [0.5, 0.6) is 5.88 Å². The number of hydrogen-bond donors (Lipinski definition) is 2. The average Bonchev–Trinajstić information content (AvgIpc) is 2.32. The van der Waals surface area contributed by atoms with Gasteiger partial charge in [0.1, 0.15) is 5.82 Å². The van der Waals surface area contributed by atoms with Crippen molar-refractivity contribution in [2.75, 3.05) is 24.2 Å². The van der Waals surface area contributed by atoms with E-state index in [1.165, 1.54) is 25.7 Å². The minimum Gasteiger partial charge on any atom is -0.476 e. The Balaban J connectivity index is 1.83. The molecule has 0 radical (unpaired) electrons. The lowest BCUT2D eigenvalue weighted by molar-refractivity contribution is 0.302. The number of pyridine rings is 1. The molecule has 1 aromatic heterocycles. The van der Waals surface area contributed by atoms with Gasteiger partial charge >= 0.3 is 0 Å². The molecule has 4 nitrogen and oxygen atoms in total. The molecule has 0 aliphatic heterocycles. The summed E-state index contributed by atoms with van der Waals surface area (Å²) in [5.41, 5.74) is 6.43. The summed E-state index contributed by atoms with van der Waals surface area (Å²) in [6.45, 7) is 3.70. The van der Waals surface area contributed by atoms with E-state index >= 15 is 0 Å². The van der Waals surface area contributed by atoms with Gasteiger partial charge in [0.25, 0.3) is 0 Å². The second-order valence-corrected chi connectivity index (χ2v) is 4.95. The zero-order chi connectivity index (χ0) is 12.8. The number of nitrogens with two attached hydrogens (primary N) is 1. The van der Waals surface area contributed by atoms with Crippen LogP contribution in [-0.4, -0.2) is 18.1 Å². The monoisotopic (exact) mass is 249 g/mol. The number of nitrogens with one attached hydrogen (secondary N) is 1. The van der Waals surface area contributed by atoms with Crippen LogP contribution in [0.2, 0.25) is 0 Å². The molecule has 2 rings (SSSR count). The maximum Gasteiger partial charge on any atom is 0.239 e. The Labute approximate surface area is 109 Å². The van der Waals surface area contributed by atoms with E-state index in [2.05, 4.69) is 17.2 Å². The Kier molecular flexibility index (Phi) is 4.67. The fraction of sp³-hybridized carbons (Fsp3) is 0.643. The standard InChI is InChI=1S/C14H23N3O/c1-2-10-18-14-12(15)6-7-13(17-14)16-9-8-11-4-3-5-11/h6-7,11H,2-5,8-10,15H2,1H3,(H,16,17). The van der Waals surface area contributed by atoms with Crippen molar-refractivity contribution in [3.63, 3.8) is 0 Å². The summed E-state index contributed by atoms with van der Waals surface area (Å²) in [5.74, 6) is 2.32. The SMILES string of the molecule is CCCOc1nc(NCCC2CCC2)ccc1N. The second-order valence-electron chi connectivity index (χ2n) is 4.95. The molecule has 4 heteroatoms. The molecule has 0 spiro atoms. The van der Waals surface area contributed by atoms with Crippen molar-refractivity contribution >= 4 is 11.5 Å². The average molecular weight is 249 g/mol. The van der Waals surface area contributed by atoms with Crippen LogP contribution in [0.15, 0.2) is 12.1 Å². The Morgan fingerprint density at radius 1 is 1.44 bits per heavy atom. The molecule has 1 aliphatic carbocycles. The number of ether oxygens (including phenoxy) is 1. The summed E-state index contributed by atoms with van der Waals surface area (Å²) in [4.78, 5) is 4.39. The van der Waals surface area contributed by atoms with Crippen LogP contribution in [0.4, 0.5) is 11.5 Å². The third-order valence-corrected chi connectivity index (χ3v) is 3.42. The fourth-order valence-electron chi connectivity index (χ4n) is 2.05. The second kappa shape index (κ2) is 6.47. The van der Waals surface area contributed by atoms with E-state index in [4.69, 9.17) is 10.5 Å². The lowest BCUT2D eigenvalue weighted by Gasteiger charge is -2.25. The van der Waals surface area contributed by atoms with Crippen LogP contribution in [0.1, 0.15) is 39.0 Å². The van der Waals surface area contributed by atoms with Crippen molar-refractivity contribution in [3.05, 3.63) is 12.1 Å². The van der Waals surface area contributed by atoms with Gasteiger partial charge in [-0.2, -0.15) is 4.98 Å². The maximum atomic E-state index is 5.82. The quantitative estimate of drug-likeness (QED) is 0.779. The number of anilines is 2. The molecule has 0 unspecified atom stereocenters. The molecular formula is C14H23N3O. The molecule has 0 atom stereocenters. The van der Waals surface area contributed by atoms with Crippen LogP contribution in [-0.2, 0) is 0 Å². The molecule has 1 aromatic rings. The van der Waals surface area contributed by atoms with Gasteiger partial charge in [-0.25, -0.2) is 0 Å². The summed E-state index contributed by atoms with van der Waals surface area (Å²) >= 11 is 0. The molecular weight excluding hydrogens is 226 g/mol. The van der Waals surface area contributed by atoms with E-state index in [0.717, 1.165) is 24.7 Å². The minimum absolute atomic E-state index is 0.547. The summed E-state index contributed by atoms with van der Waals surface area (Å²) in [6.07, 6.45) is 6.38. The topological polar surface area (TPSA) is 60.2 Å². The van der Waals surface area contributed by atoms with Crippen LogP contribution < -0.4 is 15.8 Å². The molecule has 0 aromatic carbocycles. The third kappa shape index (κ3) is 3.52. The van der Waals surface area contributed by atoms with Gasteiger partial charge in [-0.15, -0.1) is 0 Å². The van der Waals surface area contributed by atoms with Gasteiger partial charge in [-0.1, -0.05) is 26.2 Å². The van der Waals surface area contributed by atoms with Gasteiger partial charge < -0.3 is 15.8 Å². The molecule has 1 saturated carbocycles. The normalized spacial score (nSPS) is 15.2. The van der Waals surface area contributed by atoms with E-state index in [-0.39, 0.29) is 0 Å². The zero-order valence-corrected chi connectivity index (χ0v) is 11.1.